The van der Waals surface area contributed by atoms with Crippen molar-refractivity contribution < 1.29 is 4.74 Å². The van der Waals surface area contributed by atoms with Gasteiger partial charge >= 0.3 is 0 Å². The molecule has 118 valence electrons. The van der Waals surface area contributed by atoms with E-state index in [0.717, 1.165) is 18.1 Å². The number of aromatic nitrogens is 1. The molecule has 0 saturated heterocycles. The maximum Gasteiger partial charge on any atom is 0.213 e. The Bertz CT molecular complexity index is 624. The van der Waals surface area contributed by atoms with Crippen molar-refractivity contribution >= 4 is 17.3 Å². The van der Waals surface area contributed by atoms with E-state index in [4.69, 9.17) is 4.74 Å². The number of hydrogen-bond acceptors (Lipinski definition) is 4. The largest absolute Gasteiger partial charge is 0.478 e. The molecule has 0 radical (unpaired) electrons. The number of rotatable bonds is 6. The molecule has 2 heterocycles. The Balaban J connectivity index is 1.86. The van der Waals surface area contributed by atoms with Crippen LogP contribution in [-0.4, -0.2) is 24.6 Å². The lowest BCUT2D eigenvalue weighted by molar-refractivity contribution is 0.326. The SMILES string of the molecule is CCOc1cc(CNC(=NC)NCc2sccc2C)ccn1. The van der Waals surface area contributed by atoms with Crippen molar-refractivity contribution in [2.45, 2.75) is 26.9 Å². The zero-order valence-electron chi connectivity index (χ0n) is 13.2. The third-order valence-corrected chi connectivity index (χ3v) is 4.18. The molecule has 2 rings (SSSR count). The number of hydrogen-bond donors (Lipinski definition) is 2. The van der Waals surface area contributed by atoms with Gasteiger partial charge in [0.2, 0.25) is 5.88 Å². The maximum absolute atomic E-state index is 5.41. The monoisotopic (exact) mass is 318 g/mol. The van der Waals surface area contributed by atoms with Crippen molar-refractivity contribution in [1.82, 2.24) is 15.6 Å². The fraction of sp³-hybridized carbons (Fsp3) is 0.375. The molecule has 0 fully saturated rings. The minimum absolute atomic E-state index is 0.618. The number of nitrogens with one attached hydrogen (secondary N) is 2. The molecule has 0 spiro atoms. The quantitative estimate of drug-likeness (QED) is 0.635. The van der Waals surface area contributed by atoms with E-state index in [2.05, 4.69) is 39.0 Å². The number of guanidine groups is 1. The van der Waals surface area contributed by atoms with Gasteiger partial charge in [0.25, 0.3) is 0 Å². The van der Waals surface area contributed by atoms with Gasteiger partial charge in [0.1, 0.15) is 0 Å². The normalized spacial score (nSPS) is 11.3. The topological polar surface area (TPSA) is 58.5 Å². The molecule has 0 unspecified atom stereocenters. The first-order chi connectivity index (χ1) is 10.7. The summed E-state index contributed by atoms with van der Waals surface area (Å²) in [6.07, 6.45) is 1.76. The summed E-state index contributed by atoms with van der Waals surface area (Å²) in [4.78, 5) is 9.73. The average molecular weight is 318 g/mol. The molecule has 0 saturated carbocycles. The summed E-state index contributed by atoms with van der Waals surface area (Å²) in [7, 11) is 1.77. The first kappa shape index (κ1) is 16.3. The second-order valence-corrected chi connectivity index (χ2v) is 5.74. The molecule has 5 nitrogen and oxygen atoms in total. The minimum Gasteiger partial charge on any atom is -0.478 e. The second kappa shape index (κ2) is 8.38. The molecular formula is C16H22N4OS. The molecule has 0 bridgehead atoms. The van der Waals surface area contributed by atoms with Gasteiger partial charge in [0.15, 0.2) is 5.96 Å². The molecule has 6 heteroatoms. The van der Waals surface area contributed by atoms with E-state index < -0.39 is 0 Å². The fourth-order valence-electron chi connectivity index (χ4n) is 1.94. The van der Waals surface area contributed by atoms with Crippen LogP contribution in [-0.2, 0) is 13.1 Å². The van der Waals surface area contributed by atoms with E-state index in [1.54, 1.807) is 24.6 Å². The molecule has 0 atom stereocenters. The first-order valence-electron chi connectivity index (χ1n) is 7.28. The van der Waals surface area contributed by atoms with E-state index in [1.165, 1.54) is 10.4 Å². The van der Waals surface area contributed by atoms with Crippen LogP contribution in [0.25, 0.3) is 0 Å². The summed E-state index contributed by atoms with van der Waals surface area (Å²) < 4.78 is 5.41. The molecule has 0 amide bonds. The summed E-state index contributed by atoms with van der Waals surface area (Å²) in [5, 5.41) is 8.73. The number of pyridine rings is 1. The van der Waals surface area contributed by atoms with Gasteiger partial charge in [-0.15, -0.1) is 11.3 Å². The van der Waals surface area contributed by atoms with Crippen LogP contribution in [0, 0.1) is 6.92 Å². The standard InChI is InChI=1S/C16H22N4OS/c1-4-21-15-9-13(5-7-18-15)10-19-16(17-3)20-11-14-12(2)6-8-22-14/h5-9H,4,10-11H2,1-3H3,(H2,17,19,20). The highest BCUT2D eigenvalue weighted by atomic mass is 32.1. The second-order valence-electron chi connectivity index (χ2n) is 4.74. The maximum atomic E-state index is 5.41. The van der Waals surface area contributed by atoms with Gasteiger partial charge in [0.05, 0.1) is 13.2 Å². The highest BCUT2D eigenvalue weighted by Gasteiger charge is 2.03. The predicted octanol–water partition coefficient (Wildman–Crippen LogP) is 2.72. The predicted molar refractivity (Wildman–Crippen MR) is 91.5 cm³/mol. The van der Waals surface area contributed by atoms with Gasteiger partial charge < -0.3 is 15.4 Å². The van der Waals surface area contributed by atoms with Crippen LogP contribution < -0.4 is 15.4 Å². The third-order valence-electron chi connectivity index (χ3n) is 3.16. The Hall–Kier alpha value is -2.08. The lowest BCUT2D eigenvalue weighted by atomic mass is 10.2. The Labute approximate surface area is 135 Å². The highest BCUT2D eigenvalue weighted by molar-refractivity contribution is 7.10. The molecule has 22 heavy (non-hydrogen) atoms. The van der Waals surface area contributed by atoms with Crippen LogP contribution in [0.4, 0.5) is 0 Å². The van der Waals surface area contributed by atoms with Crippen LogP contribution in [0.5, 0.6) is 5.88 Å². The summed E-state index contributed by atoms with van der Waals surface area (Å²) >= 11 is 1.75. The minimum atomic E-state index is 0.618. The van der Waals surface area contributed by atoms with Crippen molar-refractivity contribution in [3.63, 3.8) is 0 Å². The van der Waals surface area contributed by atoms with Crippen LogP contribution in [0.2, 0.25) is 0 Å². The van der Waals surface area contributed by atoms with Gasteiger partial charge in [-0.1, -0.05) is 0 Å². The van der Waals surface area contributed by atoms with E-state index in [9.17, 15) is 0 Å². The van der Waals surface area contributed by atoms with Crippen molar-refractivity contribution in [2.75, 3.05) is 13.7 Å². The smallest absolute Gasteiger partial charge is 0.213 e. The fourth-order valence-corrected chi connectivity index (χ4v) is 2.79. The van der Waals surface area contributed by atoms with E-state index in [0.29, 0.717) is 19.0 Å². The zero-order chi connectivity index (χ0) is 15.8. The lowest BCUT2D eigenvalue weighted by Crippen LogP contribution is -2.36. The average Bonchev–Trinajstić information content (AvgIpc) is 2.93. The molecule has 2 aromatic heterocycles. The van der Waals surface area contributed by atoms with Gasteiger partial charge in [-0.2, -0.15) is 0 Å². The summed E-state index contributed by atoms with van der Waals surface area (Å²) in [6, 6.07) is 6.03. The molecule has 0 aliphatic heterocycles. The Morgan fingerprint density at radius 3 is 2.82 bits per heavy atom. The molecule has 0 aliphatic carbocycles. The molecule has 0 aromatic carbocycles. The van der Waals surface area contributed by atoms with Crippen molar-refractivity contribution in [2.24, 2.45) is 4.99 Å². The summed E-state index contributed by atoms with van der Waals surface area (Å²) in [6.45, 7) is 6.14. The Morgan fingerprint density at radius 2 is 2.14 bits per heavy atom. The van der Waals surface area contributed by atoms with Gasteiger partial charge in [-0.3, -0.25) is 4.99 Å². The first-order valence-corrected chi connectivity index (χ1v) is 8.16. The van der Waals surface area contributed by atoms with Crippen LogP contribution in [0.3, 0.4) is 0 Å². The lowest BCUT2D eigenvalue weighted by Gasteiger charge is -2.12. The van der Waals surface area contributed by atoms with E-state index in [1.807, 2.05) is 19.1 Å². The number of nitrogens with zero attached hydrogens (tertiary/aromatic N) is 2. The van der Waals surface area contributed by atoms with Crippen molar-refractivity contribution in [3.8, 4) is 5.88 Å². The summed E-state index contributed by atoms with van der Waals surface area (Å²) in [5.74, 6) is 1.43. The van der Waals surface area contributed by atoms with Crippen LogP contribution >= 0.6 is 11.3 Å². The van der Waals surface area contributed by atoms with Crippen LogP contribution in [0.1, 0.15) is 22.9 Å². The summed E-state index contributed by atoms with van der Waals surface area (Å²) in [5.41, 5.74) is 2.41. The van der Waals surface area contributed by atoms with E-state index in [-0.39, 0.29) is 0 Å². The zero-order valence-corrected chi connectivity index (χ0v) is 14.0. The number of aryl methyl sites for hydroxylation is 1. The highest BCUT2D eigenvalue weighted by Crippen LogP contribution is 2.14. The molecular weight excluding hydrogens is 296 g/mol. The number of ether oxygens (including phenoxy) is 1. The number of thiophene rings is 1. The van der Waals surface area contributed by atoms with E-state index >= 15 is 0 Å². The van der Waals surface area contributed by atoms with Crippen LogP contribution in [0.15, 0.2) is 34.8 Å². The van der Waals surface area contributed by atoms with Gasteiger partial charge in [0, 0.05) is 30.7 Å². The Kier molecular flexibility index (Phi) is 6.21. The van der Waals surface area contributed by atoms with Crippen molar-refractivity contribution in [3.05, 3.63) is 45.8 Å². The van der Waals surface area contributed by atoms with Gasteiger partial charge in [-0.05, 0) is 42.5 Å². The van der Waals surface area contributed by atoms with Crippen molar-refractivity contribution in [1.29, 1.82) is 0 Å². The molecule has 2 N–H and O–H groups in total. The number of aliphatic imine (C=N–C) groups is 1. The van der Waals surface area contributed by atoms with Gasteiger partial charge in [-0.25, -0.2) is 4.98 Å². The molecule has 0 aliphatic rings. The third kappa shape index (κ3) is 4.73. The Morgan fingerprint density at radius 1 is 1.32 bits per heavy atom. The molecule has 2 aromatic rings.